The molecule has 2 aromatic rings. The summed E-state index contributed by atoms with van der Waals surface area (Å²) in [6.07, 6.45) is 2.65. The highest BCUT2D eigenvalue weighted by Gasteiger charge is 2.27. The van der Waals surface area contributed by atoms with E-state index in [2.05, 4.69) is 4.98 Å². The van der Waals surface area contributed by atoms with Gasteiger partial charge in [0.15, 0.2) is 5.03 Å². The van der Waals surface area contributed by atoms with Gasteiger partial charge in [0.25, 0.3) is 0 Å². The third-order valence-corrected chi connectivity index (χ3v) is 5.07. The summed E-state index contributed by atoms with van der Waals surface area (Å²) in [7, 11) is 1.70. The lowest BCUT2D eigenvalue weighted by atomic mass is 10.1. The average molecular weight is 372 g/mol. The van der Waals surface area contributed by atoms with Crippen molar-refractivity contribution in [2.45, 2.75) is 23.4 Å². The van der Waals surface area contributed by atoms with E-state index in [0.29, 0.717) is 10.7 Å². The van der Waals surface area contributed by atoms with Gasteiger partial charge in [0.2, 0.25) is 17.9 Å². The SMILES string of the molecule is Cc1ccc(Sc2c([N+](=O)[O-])ncn2CC2=CC(=O)C(=O)CN2C)cc1. The van der Waals surface area contributed by atoms with Gasteiger partial charge >= 0.3 is 5.82 Å². The number of Topliss-reactive ketones (excluding diaryl/α,β-unsaturated/α-hetero) is 1. The van der Waals surface area contributed by atoms with Gasteiger partial charge in [-0.05, 0) is 29.0 Å². The third-order valence-electron chi connectivity index (χ3n) is 3.96. The Kier molecular flexibility index (Phi) is 4.90. The molecule has 0 saturated carbocycles. The number of imidazole rings is 1. The van der Waals surface area contributed by atoms with Crippen molar-refractivity contribution in [1.29, 1.82) is 0 Å². The van der Waals surface area contributed by atoms with Crippen molar-refractivity contribution in [2.75, 3.05) is 13.6 Å². The third kappa shape index (κ3) is 3.67. The molecule has 0 aliphatic carbocycles. The molecular formula is C17H16N4O4S. The van der Waals surface area contributed by atoms with Gasteiger partial charge in [0.05, 0.1) is 13.1 Å². The van der Waals surface area contributed by atoms with Crippen molar-refractivity contribution >= 4 is 29.1 Å². The normalized spacial score (nSPS) is 14.5. The molecule has 8 nitrogen and oxygen atoms in total. The number of hydrogen-bond donors (Lipinski definition) is 0. The van der Waals surface area contributed by atoms with Gasteiger partial charge in [-0.2, -0.15) is 0 Å². The first kappa shape index (κ1) is 17.9. The lowest BCUT2D eigenvalue weighted by molar-refractivity contribution is -0.392. The molecule has 134 valence electrons. The number of aromatic nitrogens is 2. The van der Waals surface area contributed by atoms with Crippen molar-refractivity contribution in [3.8, 4) is 0 Å². The minimum absolute atomic E-state index is 0.00188. The Morgan fingerprint density at radius 2 is 1.96 bits per heavy atom. The van der Waals surface area contributed by atoms with E-state index in [-0.39, 0.29) is 18.9 Å². The predicted molar refractivity (Wildman–Crippen MR) is 94.9 cm³/mol. The van der Waals surface area contributed by atoms with Crippen LogP contribution in [0.2, 0.25) is 0 Å². The lowest BCUT2D eigenvalue weighted by Crippen LogP contribution is -2.36. The average Bonchev–Trinajstić information content (AvgIpc) is 2.97. The van der Waals surface area contributed by atoms with Gasteiger partial charge in [-0.3, -0.25) is 14.2 Å². The molecule has 0 bridgehead atoms. The van der Waals surface area contributed by atoms with Crippen LogP contribution in [0.3, 0.4) is 0 Å². The number of nitrogens with zero attached hydrogens (tertiary/aromatic N) is 4. The fraction of sp³-hybridized carbons (Fsp3) is 0.235. The minimum Gasteiger partial charge on any atom is -0.368 e. The molecule has 1 aromatic carbocycles. The zero-order valence-electron chi connectivity index (χ0n) is 14.2. The molecule has 9 heteroatoms. The van der Waals surface area contributed by atoms with Crippen molar-refractivity contribution in [3.05, 3.63) is 58.0 Å². The second-order valence-electron chi connectivity index (χ2n) is 5.95. The summed E-state index contributed by atoms with van der Waals surface area (Å²) in [5, 5.41) is 11.7. The summed E-state index contributed by atoms with van der Waals surface area (Å²) in [6, 6.07) is 7.62. The van der Waals surface area contributed by atoms with E-state index in [1.54, 1.807) is 16.5 Å². The predicted octanol–water partition coefficient (Wildman–Crippen LogP) is 2.22. The van der Waals surface area contributed by atoms with Gasteiger partial charge in [0.1, 0.15) is 0 Å². The molecule has 0 spiro atoms. The molecule has 1 aliphatic rings. The fourth-order valence-corrected chi connectivity index (χ4v) is 3.44. The van der Waals surface area contributed by atoms with E-state index in [9.17, 15) is 19.7 Å². The summed E-state index contributed by atoms with van der Waals surface area (Å²) in [6.45, 7) is 2.18. The smallest absolute Gasteiger partial charge is 0.368 e. The van der Waals surface area contributed by atoms with Crippen LogP contribution in [0.25, 0.3) is 0 Å². The highest BCUT2D eigenvalue weighted by molar-refractivity contribution is 7.99. The van der Waals surface area contributed by atoms with Gasteiger partial charge < -0.3 is 15.0 Å². The Hall–Kier alpha value is -2.94. The molecule has 0 N–H and O–H groups in total. The Labute approximate surface area is 153 Å². The number of carbonyl (C=O) groups is 2. The van der Waals surface area contributed by atoms with Crippen molar-refractivity contribution < 1.29 is 14.5 Å². The van der Waals surface area contributed by atoms with Crippen LogP contribution < -0.4 is 0 Å². The molecule has 0 fully saturated rings. The number of likely N-dealkylation sites (N-methyl/N-ethyl adjacent to an activating group) is 1. The Bertz CT molecular complexity index is 917. The molecule has 1 aliphatic heterocycles. The summed E-state index contributed by atoms with van der Waals surface area (Å²) in [5.41, 5.74) is 1.70. The van der Waals surface area contributed by atoms with Crippen molar-refractivity contribution in [3.63, 3.8) is 0 Å². The van der Waals surface area contributed by atoms with Crippen LogP contribution in [0.5, 0.6) is 0 Å². The van der Waals surface area contributed by atoms with E-state index >= 15 is 0 Å². The standard InChI is InChI=1S/C17H16N4O4S/c1-11-3-5-13(6-4-11)26-17-16(21(24)25)18-10-20(17)8-12-7-14(22)15(23)9-19(12)2/h3-7,10H,8-9H2,1-2H3. The second kappa shape index (κ2) is 7.12. The summed E-state index contributed by atoms with van der Waals surface area (Å²) < 4.78 is 1.62. The number of rotatable bonds is 5. The highest BCUT2D eigenvalue weighted by Crippen LogP contribution is 2.34. The quantitative estimate of drug-likeness (QED) is 0.451. The molecule has 0 radical (unpaired) electrons. The zero-order valence-corrected chi connectivity index (χ0v) is 15.0. The minimum atomic E-state index is -0.555. The number of hydrogen-bond acceptors (Lipinski definition) is 7. The van der Waals surface area contributed by atoms with Crippen LogP contribution in [-0.2, 0) is 16.1 Å². The monoisotopic (exact) mass is 372 g/mol. The Morgan fingerprint density at radius 1 is 1.27 bits per heavy atom. The number of carbonyl (C=O) groups excluding carboxylic acids is 2. The lowest BCUT2D eigenvalue weighted by Gasteiger charge is -2.25. The van der Waals surface area contributed by atoms with E-state index in [4.69, 9.17) is 0 Å². The zero-order chi connectivity index (χ0) is 18.8. The maximum atomic E-state index is 11.7. The first-order valence-electron chi connectivity index (χ1n) is 7.78. The Morgan fingerprint density at radius 3 is 2.62 bits per heavy atom. The van der Waals surface area contributed by atoms with E-state index in [1.807, 2.05) is 31.2 Å². The first-order valence-corrected chi connectivity index (χ1v) is 8.59. The second-order valence-corrected chi connectivity index (χ2v) is 7.01. The van der Waals surface area contributed by atoms with Crippen molar-refractivity contribution in [1.82, 2.24) is 14.5 Å². The van der Waals surface area contributed by atoms with E-state index in [1.165, 1.54) is 24.2 Å². The van der Waals surface area contributed by atoms with E-state index in [0.717, 1.165) is 10.5 Å². The van der Waals surface area contributed by atoms with Gasteiger partial charge in [-0.1, -0.05) is 29.5 Å². The van der Waals surface area contributed by atoms with Crippen LogP contribution in [0.15, 0.2) is 52.3 Å². The number of aryl methyl sites for hydroxylation is 1. The molecule has 2 heterocycles. The molecule has 3 rings (SSSR count). The molecule has 0 amide bonds. The van der Waals surface area contributed by atoms with E-state index < -0.39 is 16.5 Å². The molecule has 26 heavy (non-hydrogen) atoms. The molecule has 1 aromatic heterocycles. The number of ketones is 2. The summed E-state index contributed by atoms with van der Waals surface area (Å²) in [4.78, 5) is 40.4. The summed E-state index contributed by atoms with van der Waals surface area (Å²) >= 11 is 1.24. The van der Waals surface area contributed by atoms with Gasteiger partial charge in [0, 0.05) is 23.7 Å². The highest BCUT2D eigenvalue weighted by atomic mass is 32.2. The number of allylic oxidation sites excluding steroid dienone is 2. The first-order chi connectivity index (χ1) is 12.3. The number of benzene rings is 1. The summed E-state index contributed by atoms with van der Waals surface area (Å²) in [5.74, 6) is -1.26. The maximum absolute atomic E-state index is 11.7. The molecule has 0 saturated heterocycles. The van der Waals surface area contributed by atoms with Crippen LogP contribution in [-0.4, -0.2) is 44.5 Å². The van der Waals surface area contributed by atoms with Crippen LogP contribution in [0.1, 0.15) is 5.56 Å². The molecule has 0 atom stereocenters. The largest absolute Gasteiger partial charge is 0.396 e. The maximum Gasteiger partial charge on any atom is 0.396 e. The van der Waals surface area contributed by atoms with Gasteiger partial charge in [-0.25, -0.2) is 0 Å². The topological polar surface area (TPSA) is 98.3 Å². The molecule has 0 unspecified atom stereocenters. The Balaban J connectivity index is 1.93. The van der Waals surface area contributed by atoms with Crippen LogP contribution in [0.4, 0.5) is 5.82 Å². The van der Waals surface area contributed by atoms with Crippen LogP contribution in [0, 0.1) is 17.0 Å². The fourth-order valence-electron chi connectivity index (χ4n) is 2.50. The van der Waals surface area contributed by atoms with Crippen molar-refractivity contribution in [2.24, 2.45) is 0 Å². The number of nitro groups is 1. The van der Waals surface area contributed by atoms with Crippen LogP contribution >= 0.6 is 11.8 Å². The molecular weight excluding hydrogens is 356 g/mol. The van der Waals surface area contributed by atoms with Gasteiger partial charge in [-0.15, -0.1) is 0 Å².